The molecule has 0 bridgehead atoms. The van der Waals surface area contributed by atoms with Crippen molar-refractivity contribution < 1.29 is 17.9 Å². The molecule has 4 nitrogen and oxygen atoms in total. The van der Waals surface area contributed by atoms with Gasteiger partial charge in [-0.2, -0.15) is 0 Å². The van der Waals surface area contributed by atoms with Crippen LogP contribution in [0.4, 0.5) is 10.1 Å². The molecule has 0 spiro atoms. The van der Waals surface area contributed by atoms with Crippen molar-refractivity contribution in [2.45, 2.75) is 18.4 Å². The fraction of sp³-hybridized carbons (Fsp3) is 0.143. The first-order valence-electron chi connectivity index (χ1n) is 6.02. The zero-order chi connectivity index (χ0) is 15.6. The number of hydrogen-bond acceptors (Lipinski definition) is 3. The number of hydrogen-bond donors (Lipinski definition) is 2. The predicted molar refractivity (Wildman–Crippen MR) is 79.3 cm³/mol. The van der Waals surface area contributed by atoms with E-state index in [0.29, 0.717) is 0 Å². The molecule has 0 aliphatic heterocycles. The van der Waals surface area contributed by atoms with E-state index in [9.17, 15) is 12.8 Å². The summed E-state index contributed by atoms with van der Waals surface area (Å²) in [6.07, 6.45) is 0. The van der Waals surface area contributed by atoms with Crippen molar-refractivity contribution in [3.8, 4) is 0 Å². The summed E-state index contributed by atoms with van der Waals surface area (Å²) in [4.78, 5) is -0.134. The van der Waals surface area contributed by atoms with Crippen LogP contribution >= 0.6 is 11.6 Å². The van der Waals surface area contributed by atoms with E-state index in [4.69, 9.17) is 16.7 Å². The quantitative estimate of drug-likeness (QED) is 0.906. The molecule has 0 heterocycles. The summed E-state index contributed by atoms with van der Waals surface area (Å²) in [5.41, 5.74) is 0.294. The Labute approximate surface area is 127 Å². The Hall–Kier alpha value is -1.63. The minimum absolute atomic E-state index is 0.0745. The molecule has 0 aliphatic carbocycles. The first kappa shape index (κ1) is 15.8. The molecule has 21 heavy (non-hydrogen) atoms. The van der Waals surface area contributed by atoms with Crippen molar-refractivity contribution in [2.24, 2.45) is 0 Å². The first-order chi connectivity index (χ1) is 9.85. The maximum Gasteiger partial charge on any atom is 0.261 e. The van der Waals surface area contributed by atoms with Crippen LogP contribution in [-0.4, -0.2) is 13.5 Å². The topological polar surface area (TPSA) is 66.4 Å². The molecule has 112 valence electrons. The van der Waals surface area contributed by atoms with Crippen molar-refractivity contribution in [3.63, 3.8) is 0 Å². The molecule has 2 rings (SSSR count). The smallest absolute Gasteiger partial charge is 0.261 e. The molecule has 0 aromatic heterocycles. The molecule has 0 saturated carbocycles. The van der Waals surface area contributed by atoms with E-state index in [1.54, 1.807) is 18.2 Å². The minimum atomic E-state index is -3.92. The predicted octanol–water partition coefficient (Wildman–Crippen LogP) is 3.08. The lowest BCUT2D eigenvalue weighted by molar-refractivity contribution is 0.275. The van der Waals surface area contributed by atoms with Crippen molar-refractivity contribution in [2.75, 3.05) is 4.72 Å². The Bertz CT molecular complexity index is 778. The van der Waals surface area contributed by atoms with Crippen LogP contribution in [-0.2, 0) is 16.6 Å². The monoisotopic (exact) mass is 329 g/mol. The normalized spacial score (nSPS) is 11.4. The van der Waals surface area contributed by atoms with Gasteiger partial charge in [-0.25, -0.2) is 12.8 Å². The summed E-state index contributed by atoms with van der Waals surface area (Å²) in [6, 6.07) is 8.68. The fourth-order valence-corrected chi connectivity index (χ4v) is 3.28. The molecule has 0 saturated heterocycles. The molecular weight excluding hydrogens is 317 g/mol. The van der Waals surface area contributed by atoms with Crippen LogP contribution in [0.3, 0.4) is 0 Å². The molecule has 0 aliphatic rings. The number of sulfonamides is 1. The van der Waals surface area contributed by atoms with Crippen LogP contribution in [0.5, 0.6) is 0 Å². The number of aliphatic hydroxyl groups is 1. The second kappa shape index (κ2) is 6.01. The summed E-state index contributed by atoms with van der Waals surface area (Å²) in [5, 5.41) is 9.34. The van der Waals surface area contributed by atoms with E-state index in [1.807, 2.05) is 0 Å². The van der Waals surface area contributed by atoms with Crippen LogP contribution in [0.25, 0.3) is 0 Å². The molecule has 0 unspecified atom stereocenters. The van der Waals surface area contributed by atoms with E-state index in [-0.39, 0.29) is 26.7 Å². The molecule has 0 amide bonds. The number of aliphatic hydroxyl groups excluding tert-OH is 1. The summed E-state index contributed by atoms with van der Waals surface area (Å²) >= 11 is 5.91. The first-order valence-corrected chi connectivity index (χ1v) is 7.88. The highest BCUT2D eigenvalue weighted by atomic mass is 35.5. The Balaban J connectivity index is 2.45. The third-order valence-electron chi connectivity index (χ3n) is 2.90. The average Bonchev–Trinajstić information content (AvgIpc) is 2.44. The Morgan fingerprint density at radius 3 is 2.57 bits per heavy atom. The largest absolute Gasteiger partial charge is 0.392 e. The van der Waals surface area contributed by atoms with Crippen LogP contribution < -0.4 is 4.72 Å². The van der Waals surface area contributed by atoms with Gasteiger partial charge < -0.3 is 5.11 Å². The van der Waals surface area contributed by atoms with Gasteiger partial charge in [-0.3, -0.25) is 4.72 Å². The Morgan fingerprint density at radius 2 is 1.95 bits per heavy atom. The minimum Gasteiger partial charge on any atom is -0.392 e. The van der Waals surface area contributed by atoms with Gasteiger partial charge in [-0.1, -0.05) is 23.7 Å². The lowest BCUT2D eigenvalue weighted by atomic mass is 10.1. The van der Waals surface area contributed by atoms with Gasteiger partial charge in [0.15, 0.2) is 0 Å². The summed E-state index contributed by atoms with van der Waals surface area (Å²) in [5.74, 6) is -0.616. The second-order valence-electron chi connectivity index (χ2n) is 4.46. The highest BCUT2D eigenvalue weighted by Gasteiger charge is 2.19. The van der Waals surface area contributed by atoms with Crippen LogP contribution in [0.1, 0.15) is 11.1 Å². The highest BCUT2D eigenvalue weighted by molar-refractivity contribution is 7.92. The van der Waals surface area contributed by atoms with Gasteiger partial charge in [0.05, 0.1) is 22.2 Å². The van der Waals surface area contributed by atoms with E-state index >= 15 is 0 Å². The van der Waals surface area contributed by atoms with E-state index in [1.165, 1.54) is 19.1 Å². The zero-order valence-electron chi connectivity index (χ0n) is 11.1. The zero-order valence-corrected chi connectivity index (χ0v) is 12.7. The van der Waals surface area contributed by atoms with Crippen molar-refractivity contribution in [1.29, 1.82) is 0 Å². The van der Waals surface area contributed by atoms with Gasteiger partial charge in [-0.15, -0.1) is 0 Å². The number of aryl methyl sites for hydroxylation is 1. The summed E-state index contributed by atoms with van der Waals surface area (Å²) in [6.45, 7) is 0.852. The molecule has 0 radical (unpaired) electrons. The number of para-hydroxylation sites is 1. The van der Waals surface area contributed by atoms with Crippen LogP contribution in [0, 0.1) is 12.7 Å². The fourth-order valence-electron chi connectivity index (χ4n) is 1.82. The van der Waals surface area contributed by atoms with E-state index in [2.05, 4.69) is 4.72 Å². The van der Waals surface area contributed by atoms with Crippen molar-refractivity contribution >= 4 is 27.3 Å². The van der Waals surface area contributed by atoms with Gasteiger partial charge in [0.25, 0.3) is 10.0 Å². The number of benzene rings is 2. The second-order valence-corrected chi connectivity index (χ2v) is 6.55. The lowest BCUT2D eigenvalue weighted by Crippen LogP contribution is -2.14. The van der Waals surface area contributed by atoms with Crippen LogP contribution in [0.15, 0.2) is 41.3 Å². The van der Waals surface area contributed by atoms with Gasteiger partial charge in [0, 0.05) is 5.56 Å². The number of anilines is 1. The van der Waals surface area contributed by atoms with E-state index in [0.717, 1.165) is 6.07 Å². The highest BCUT2D eigenvalue weighted by Crippen LogP contribution is 2.25. The number of rotatable bonds is 4. The molecular formula is C14H13ClFNO3S. The van der Waals surface area contributed by atoms with E-state index < -0.39 is 22.4 Å². The lowest BCUT2D eigenvalue weighted by Gasteiger charge is -2.12. The van der Waals surface area contributed by atoms with Crippen molar-refractivity contribution in [3.05, 3.63) is 58.4 Å². The van der Waals surface area contributed by atoms with Gasteiger partial charge in [0.2, 0.25) is 0 Å². The standard InChI is InChI=1S/C14H13ClFNO3S/c1-9-6-11(7-10(8-18)14(9)16)21(19,20)17-13-5-3-2-4-12(13)15/h2-7,17-18H,8H2,1H3. The number of halogens is 2. The molecule has 0 atom stereocenters. The Kier molecular flexibility index (Phi) is 4.51. The number of nitrogens with one attached hydrogen (secondary N) is 1. The summed E-state index contributed by atoms with van der Waals surface area (Å²) in [7, 11) is -3.92. The van der Waals surface area contributed by atoms with Crippen LogP contribution in [0.2, 0.25) is 5.02 Å². The van der Waals surface area contributed by atoms with Gasteiger partial charge in [-0.05, 0) is 36.8 Å². The van der Waals surface area contributed by atoms with Gasteiger partial charge in [0.1, 0.15) is 5.82 Å². The SMILES string of the molecule is Cc1cc(S(=O)(=O)Nc2ccccc2Cl)cc(CO)c1F. The summed E-state index contributed by atoms with van der Waals surface area (Å²) < 4.78 is 40.6. The maximum atomic E-state index is 13.7. The third kappa shape index (κ3) is 3.34. The molecule has 2 aromatic rings. The average molecular weight is 330 g/mol. The molecule has 0 fully saturated rings. The molecule has 7 heteroatoms. The molecule has 2 aromatic carbocycles. The van der Waals surface area contributed by atoms with Crippen molar-refractivity contribution in [1.82, 2.24) is 0 Å². The Morgan fingerprint density at radius 1 is 1.29 bits per heavy atom. The van der Waals surface area contributed by atoms with Gasteiger partial charge >= 0.3 is 0 Å². The third-order valence-corrected chi connectivity index (χ3v) is 4.58. The molecule has 2 N–H and O–H groups in total. The maximum absolute atomic E-state index is 13.7.